The van der Waals surface area contributed by atoms with Crippen molar-refractivity contribution >= 4 is 5.97 Å². The van der Waals surface area contributed by atoms with Crippen molar-refractivity contribution < 1.29 is 14.6 Å². The minimum absolute atomic E-state index is 0.229. The Morgan fingerprint density at radius 2 is 1.80 bits per heavy atom. The van der Waals surface area contributed by atoms with E-state index in [-0.39, 0.29) is 5.97 Å². The molecule has 0 bridgehead atoms. The number of aliphatic hydroxyl groups is 1. The molecule has 1 heterocycles. The maximum absolute atomic E-state index is 11.5. The van der Waals surface area contributed by atoms with E-state index in [1.807, 2.05) is 26.8 Å². The van der Waals surface area contributed by atoms with Gasteiger partial charge in [0.25, 0.3) is 0 Å². The number of hydrogen-bond acceptors (Lipinski definition) is 5. The molecule has 0 spiro atoms. The first kappa shape index (κ1) is 17.1. The molecule has 0 aromatic heterocycles. The van der Waals surface area contributed by atoms with Crippen molar-refractivity contribution in [2.45, 2.75) is 32.8 Å². The SMILES string of the molecule is CCC(=CCN1CCN(CC(C)(C)O)CC1)C(=O)OC. The molecular weight excluding hydrogens is 256 g/mol. The minimum Gasteiger partial charge on any atom is -0.466 e. The quantitative estimate of drug-likeness (QED) is 0.580. The number of methoxy groups -OCH3 is 1. The van der Waals surface area contributed by atoms with Crippen LogP contribution in [-0.4, -0.2) is 72.9 Å². The summed E-state index contributed by atoms with van der Waals surface area (Å²) >= 11 is 0. The molecule has 1 fully saturated rings. The molecule has 1 N–H and O–H groups in total. The smallest absolute Gasteiger partial charge is 0.333 e. The van der Waals surface area contributed by atoms with Crippen LogP contribution in [0.3, 0.4) is 0 Å². The van der Waals surface area contributed by atoms with Gasteiger partial charge in [-0.25, -0.2) is 4.79 Å². The second-order valence-corrected chi connectivity index (χ2v) is 5.96. The molecular formula is C15H28N2O3. The third-order valence-corrected chi connectivity index (χ3v) is 3.50. The lowest BCUT2D eigenvalue weighted by molar-refractivity contribution is -0.136. The number of rotatable bonds is 6. The fraction of sp³-hybridized carbons (Fsp3) is 0.800. The summed E-state index contributed by atoms with van der Waals surface area (Å²) in [6.07, 6.45) is 2.67. The van der Waals surface area contributed by atoms with Gasteiger partial charge in [-0.15, -0.1) is 0 Å². The number of carbonyl (C=O) groups is 1. The van der Waals surface area contributed by atoms with E-state index in [0.717, 1.165) is 38.3 Å². The number of piperazine rings is 1. The van der Waals surface area contributed by atoms with Gasteiger partial charge in [0.15, 0.2) is 0 Å². The Labute approximate surface area is 122 Å². The van der Waals surface area contributed by atoms with Crippen molar-refractivity contribution in [3.05, 3.63) is 11.6 Å². The first-order valence-electron chi connectivity index (χ1n) is 7.30. The maximum atomic E-state index is 11.5. The van der Waals surface area contributed by atoms with Crippen LogP contribution in [0.15, 0.2) is 11.6 Å². The molecule has 1 rings (SSSR count). The summed E-state index contributed by atoms with van der Waals surface area (Å²) in [5, 5.41) is 9.82. The number of hydrogen-bond donors (Lipinski definition) is 1. The molecule has 116 valence electrons. The van der Waals surface area contributed by atoms with Gasteiger partial charge in [0.05, 0.1) is 12.7 Å². The molecule has 1 saturated heterocycles. The topological polar surface area (TPSA) is 53.0 Å². The van der Waals surface area contributed by atoms with E-state index in [1.54, 1.807) is 0 Å². The highest BCUT2D eigenvalue weighted by atomic mass is 16.5. The van der Waals surface area contributed by atoms with Gasteiger partial charge >= 0.3 is 5.97 Å². The highest BCUT2D eigenvalue weighted by Crippen LogP contribution is 2.09. The normalized spacial score (nSPS) is 19.1. The molecule has 20 heavy (non-hydrogen) atoms. The number of carbonyl (C=O) groups excluding carboxylic acids is 1. The van der Waals surface area contributed by atoms with Crippen molar-refractivity contribution in [3.63, 3.8) is 0 Å². The molecule has 0 saturated carbocycles. The third kappa shape index (κ3) is 6.03. The molecule has 0 aliphatic carbocycles. The molecule has 5 heteroatoms. The predicted octanol–water partition coefficient (Wildman–Crippen LogP) is 0.884. The molecule has 0 unspecified atom stereocenters. The Morgan fingerprint density at radius 1 is 1.25 bits per heavy atom. The van der Waals surface area contributed by atoms with Crippen LogP contribution in [-0.2, 0) is 9.53 Å². The Hall–Kier alpha value is -0.910. The second kappa shape index (κ2) is 7.76. The fourth-order valence-electron chi connectivity index (χ4n) is 2.42. The van der Waals surface area contributed by atoms with Crippen molar-refractivity contribution in [1.82, 2.24) is 9.80 Å². The minimum atomic E-state index is -0.637. The largest absolute Gasteiger partial charge is 0.466 e. The number of β-amino-alcohol motifs (C(OH)–C–C–N with tert-alkyl or cyclic N) is 1. The van der Waals surface area contributed by atoms with Gasteiger partial charge in [-0.1, -0.05) is 13.0 Å². The van der Waals surface area contributed by atoms with Crippen LogP contribution in [0.5, 0.6) is 0 Å². The Balaban J connectivity index is 2.39. The molecule has 0 aromatic carbocycles. The highest BCUT2D eigenvalue weighted by Gasteiger charge is 2.22. The zero-order chi connectivity index (χ0) is 15.2. The molecule has 1 aliphatic rings. The Bertz CT molecular complexity index is 340. The van der Waals surface area contributed by atoms with Crippen molar-refractivity contribution in [3.8, 4) is 0 Å². The standard InChI is InChI=1S/C15H28N2O3/c1-5-13(14(18)20-4)6-7-16-8-10-17(11-9-16)12-15(2,3)19/h6,19H,5,7-12H2,1-4H3. The lowest BCUT2D eigenvalue weighted by atomic mass is 10.1. The molecule has 0 aromatic rings. The van der Waals surface area contributed by atoms with E-state index in [0.29, 0.717) is 13.0 Å². The number of esters is 1. The van der Waals surface area contributed by atoms with Crippen molar-refractivity contribution in [1.29, 1.82) is 0 Å². The van der Waals surface area contributed by atoms with Gasteiger partial charge in [0, 0.05) is 44.8 Å². The van der Waals surface area contributed by atoms with Crippen LogP contribution >= 0.6 is 0 Å². The van der Waals surface area contributed by atoms with Crippen LogP contribution in [0.4, 0.5) is 0 Å². The number of ether oxygens (including phenoxy) is 1. The van der Waals surface area contributed by atoms with Gasteiger partial charge in [0.1, 0.15) is 0 Å². The highest BCUT2D eigenvalue weighted by molar-refractivity contribution is 5.88. The van der Waals surface area contributed by atoms with Crippen LogP contribution in [0.1, 0.15) is 27.2 Å². The Kier molecular flexibility index (Phi) is 6.65. The summed E-state index contributed by atoms with van der Waals surface area (Å²) in [5.74, 6) is -0.229. The van der Waals surface area contributed by atoms with Crippen molar-refractivity contribution in [2.24, 2.45) is 0 Å². The van der Waals surface area contributed by atoms with Gasteiger partial charge in [-0.2, -0.15) is 0 Å². The van der Waals surface area contributed by atoms with Crippen LogP contribution in [0.25, 0.3) is 0 Å². The monoisotopic (exact) mass is 284 g/mol. The van der Waals surface area contributed by atoms with Gasteiger partial charge in [0.2, 0.25) is 0 Å². The lowest BCUT2D eigenvalue weighted by Crippen LogP contribution is -2.50. The molecule has 5 nitrogen and oxygen atoms in total. The van der Waals surface area contributed by atoms with Gasteiger partial charge in [-0.05, 0) is 20.3 Å². The van der Waals surface area contributed by atoms with Crippen molar-refractivity contribution in [2.75, 3.05) is 46.4 Å². The van der Waals surface area contributed by atoms with E-state index in [4.69, 9.17) is 4.74 Å². The number of nitrogens with zero attached hydrogens (tertiary/aromatic N) is 2. The fourth-order valence-corrected chi connectivity index (χ4v) is 2.42. The van der Waals surface area contributed by atoms with Gasteiger partial charge < -0.3 is 9.84 Å². The van der Waals surface area contributed by atoms with E-state index in [9.17, 15) is 9.90 Å². The van der Waals surface area contributed by atoms with E-state index >= 15 is 0 Å². The summed E-state index contributed by atoms with van der Waals surface area (Å²) in [5.41, 5.74) is 0.105. The lowest BCUT2D eigenvalue weighted by Gasteiger charge is -2.36. The molecule has 0 amide bonds. The average Bonchev–Trinajstić information content (AvgIpc) is 2.39. The summed E-state index contributed by atoms with van der Waals surface area (Å²) in [7, 11) is 1.42. The van der Waals surface area contributed by atoms with Gasteiger partial charge in [-0.3, -0.25) is 9.80 Å². The van der Waals surface area contributed by atoms with E-state index in [1.165, 1.54) is 7.11 Å². The van der Waals surface area contributed by atoms with Crippen LogP contribution in [0.2, 0.25) is 0 Å². The zero-order valence-electron chi connectivity index (χ0n) is 13.2. The third-order valence-electron chi connectivity index (χ3n) is 3.50. The summed E-state index contributed by atoms with van der Waals surface area (Å²) in [6.45, 7) is 11.0. The van der Waals surface area contributed by atoms with E-state index in [2.05, 4.69) is 9.80 Å². The maximum Gasteiger partial charge on any atom is 0.333 e. The van der Waals surface area contributed by atoms with E-state index < -0.39 is 5.60 Å². The summed E-state index contributed by atoms with van der Waals surface area (Å²) < 4.78 is 4.75. The summed E-state index contributed by atoms with van der Waals surface area (Å²) in [4.78, 5) is 16.1. The average molecular weight is 284 g/mol. The summed E-state index contributed by atoms with van der Waals surface area (Å²) in [6, 6.07) is 0. The van der Waals surface area contributed by atoms with Crippen LogP contribution < -0.4 is 0 Å². The first-order valence-corrected chi connectivity index (χ1v) is 7.30. The van der Waals surface area contributed by atoms with Crippen LogP contribution in [0, 0.1) is 0 Å². The zero-order valence-corrected chi connectivity index (χ0v) is 13.2. The second-order valence-electron chi connectivity index (χ2n) is 5.96. The molecule has 0 radical (unpaired) electrons. The molecule has 0 atom stereocenters. The predicted molar refractivity (Wildman–Crippen MR) is 79.6 cm³/mol. The first-order chi connectivity index (χ1) is 9.35. The Morgan fingerprint density at radius 3 is 2.25 bits per heavy atom. The molecule has 1 aliphatic heterocycles.